The van der Waals surface area contributed by atoms with Crippen LogP contribution >= 0.6 is 15.9 Å². The maximum Gasteiger partial charge on any atom is 0.143 e. The highest BCUT2D eigenvalue weighted by atomic mass is 79.9. The van der Waals surface area contributed by atoms with Crippen LogP contribution < -0.4 is 10.1 Å². The van der Waals surface area contributed by atoms with E-state index in [9.17, 15) is 5.11 Å². The Bertz CT molecular complexity index is 655. The van der Waals surface area contributed by atoms with Crippen LogP contribution in [0.4, 0.5) is 5.69 Å². The van der Waals surface area contributed by atoms with Gasteiger partial charge in [0.1, 0.15) is 11.5 Å². The minimum absolute atomic E-state index is 0.0290. The van der Waals surface area contributed by atoms with E-state index in [2.05, 4.69) is 21.2 Å². The highest BCUT2D eigenvalue weighted by Gasteiger charge is 2.15. The van der Waals surface area contributed by atoms with E-state index in [1.54, 1.807) is 13.2 Å². The maximum absolute atomic E-state index is 10.0. The molecule has 0 bridgehead atoms. The number of phenols is 1. The summed E-state index contributed by atoms with van der Waals surface area (Å²) in [5, 5.41) is 13.5. The van der Waals surface area contributed by atoms with E-state index >= 15 is 0 Å². The van der Waals surface area contributed by atoms with Crippen molar-refractivity contribution >= 4 is 21.6 Å². The third kappa shape index (κ3) is 3.50. The molecule has 0 heterocycles. The smallest absolute Gasteiger partial charge is 0.143 e. The Morgan fingerprint density at radius 2 is 1.90 bits per heavy atom. The van der Waals surface area contributed by atoms with Crippen molar-refractivity contribution in [2.24, 2.45) is 0 Å². The zero-order valence-electron chi connectivity index (χ0n) is 12.7. The van der Waals surface area contributed by atoms with Crippen LogP contribution in [0.2, 0.25) is 0 Å². The van der Waals surface area contributed by atoms with Crippen LogP contribution in [0.5, 0.6) is 11.5 Å². The van der Waals surface area contributed by atoms with Gasteiger partial charge < -0.3 is 15.2 Å². The summed E-state index contributed by atoms with van der Waals surface area (Å²) < 4.78 is 6.42. The quantitative estimate of drug-likeness (QED) is 0.820. The van der Waals surface area contributed by atoms with Gasteiger partial charge in [-0.05, 0) is 44.5 Å². The number of ether oxygens (including phenoxy) is 1. The van der Waals surface area contributed by atoms with E-state index in [-0.39, 0.29) is 6.04 Å². The number of methoxy groups -OCH3 is 1. The second-order valence-electron chi connectivity index (χ2n) is 5.23. The van der Waals surface area contributed by atoms with Crippen LogP contribution in [0.1, 0.15) is 29.7 Å². The largest absolute Gasteiger partial charge is 0.508 e. The first-order chi connectivity index (χ1) is 9.92. The Kier molecular flexibility index (Phi) is 4.78. The molecule has 0 aliphatic carbocycles. The molecule has 1 unspecified atom stereocenters. The number of anilines is 1. The average Bonchev–Trinajstić information content (AvgIpc) is 2.43. The van der Waals surface area contributed by atoms with Gasteiger partial charge in [0.15, 0.2) is 0 Å². The monoisotopic (exact) mass is 349 g/mol. The molecule has 21 heavy (non-hydrogen) atoms. The summed E-state index contributed by atoms with van der Waals surface area (Å²) >= 11 is 3.47. The maximum atomic E-state index is 10.0. The molecular weight excluding hydrogens is 330 g/mol. The summed E-state index contributed by atoms with van der Waals surface area (Å²) in [6.07, 6.45) is 0. The Morgan fingerprint density at radius 1 is 1.19 bits per heavy atom. The van der Waals surface area contributed by atoms with Gasteiger partial charge in [-0.25, -0.2) is 0 Å². The van der Waals surface area contributed by atoms with Crippen LogP contribution in [0.25, 0.3) is 0 Å². The molecule has 0 spiro atoms. The molecular formula is C17H20BrNO2. The normalized spacial score (nSPS) is 12.0. The molecule has 0 saturated carbocycles. The topological polar surface area (TPSA) is 41.5 Å². The van der Waals surface area contributed by atoms with Gasteiger partial charge in [-0.3, -0.25) is 0 Å². The van der Waals surface area contributed by atoms with Crippen molar-refractivity contribution in [2.45, 2.75) is 26.8 Å². The van der Waals surface area contributed by atoms with E-state index < -0.39 is 0 Å². The predicted octanol–water partition coefficient (Wildman–Crippen LogP) is 4.95. The first-order valence-electron chi connectivity index (χ1n) is 6.82. The van der Waals surface area contributed by atoms with E-state index in [4.69, 9.17) is 4.74 Å². The molecule has 1 atom stereocenters. The molecule has 2 aromatic carbocycles. The van der Waals surface area contributed by atoms with Crippen molar-refractivity contribution in [3.63, 3.8) is 0 Å². The van der Waals surface area contributed by atoms with Crippen LogP contribution in [0, 0.1) is 13.8 Å². The summed E-state index contributed by atoms with van der Waals surface area (Å²) in [5.41, 5.74) is 4.02. The van der Waals surface area contributed by atoms with Gasteiger partial charge in [0, 0.05) is 10.0 Å². The summed E-state index contributed by atoms with van der Waals surface area (Å²) in [5.74, 6) is 1.08. The van der Waals surface area contributed by atoms with Gasteiger partial charge in [-0.15, -0.1) is 0 Å². The zero-order chi connectivity index (χ0) is 15.6. The first-order valence-corrected chi connectivity index (χ1v) is 7.62. The third-order valence-electron chi connectivity index (χ3n) is 3.49. The third-order valence-corrected chi connectivity index (χ3v) is 3.95. The lowest BCUT2D eigenvalue weighted by Gasteiger charge is -2.21. The number of rotatable bonds is 4. The number of phenolic OH excluding ortho intramolecular Hbond substituents is 1. The van der Waals surface area contributed by atoms with Crippen molar-refractivity contribution in [1.82, 2.24) is 0 Å². The Labute approximate surface area is 134 Å². The predicted molar refractivity (Wildman–Crippen MR) is 90.3 cm³/mol. The molecule has 2 rings (SSSR count). The molecule has 2 N–H and O–H groups in total. The number of nitrogens with one attached hydrogen (secondary N) is 1. The fourth-order valence-electron chi connectivity index (χ4n) is 2.37. The zero-order valence-corrected chi connectivity index (χ0v) is 14.3. The fraction of sp³-hybridized carbons (Fsp3) is 0.294. The van der Waals surface area contributed by atoms with Crippen molar-refractivity contribution in [3.8, 4) is 11.5 Å². The summed E-state index contributed by atoms with van der Waals surface area (Å²) in [6, 6.07) is 9.56. The SMILES string of the molecule is COc1cc(Br)cc(C)c1NC(C)c1cc(C)ccc1O. The Hall–Kier alpha value is -1.68. The lowest BCUT2D eigenvalue weighted by molar-refractivity contribution is 0.415. The number of hydrogen-bond donors (Lipinski definition) is 2. The highest BCUT2D eigenvalue weighted by molar-refractivity contribution is 9.10. The Balaban J connectivity index is 2.35. The van der Waals surface area contributed by atoms with Gasteiger partial charge in [0.2, 0.25) is 0 Å². The molecule has 0 fully saturated rings. The molecule has 0 aliphatic heterocycles. The lowest BCUT2D eigenvalue weighted by atomic mass is 10.0. The number of halogens is 1. The van der Waals surface area contributed by atoms with Gasteiger partial charge in [0.25, 0.3) is 0 Å². The number of aromatic hydroxyl groups is 1. The van der Waals surface area contributed by atoms with Crippen molar-refractivity contribution in [3.05, 3.63) is 51.5 Å². The van der Waals surface area contributed by atoms with Crippen LogP contribution in [0.15, 0.2) is 34.8 Å². The summed E-state index contributed by atoms with van der Waals surface area (Å²) in [7, 11) is 1.65. The van der Waals surface area contributed by atoms with Crippen LogP contribution in [-0.4, -0.2) is 12.2 Å². The van der Waals surface area contributed by atoms with Crippen molar-refractivity contribution < 1.29 is 9.84 Å². The fourth-order valence-corrected chi connectivity index (χ4v) is 2.92. The number of benzene rings is 2. The number of aryl methyl sites for hydroxylation is 2. The minimum atomic E-state index is -0.0290. The molecule has 0 aromatic heterocycles. The molecule has 0 radical (unpaired) electrons. The van der Waals surface area contributed by atoms with Crippen LogP contribution in [-0.2, 0) is 0 Å². The van der Waals surface area contributed by atoms with Gasteiger partial charge in [-0.2, -0.15) is 0 Å². The summed E-state index contributed by atoms with van der Waals surface area (Å²) in [4.78, 5) is 0. The highest BCUT2D eigenvalue weighted by Crippen LogP contribution is 2.36. The van der Waals surface area contributed by atoms with Gasteiger partial charge in [-0.1, -0.05) is 33.6 Å². The van der Waals surface area contributed by atoms with Gasteiger partial charge >= 0.3 is 0 Å². The molecule has 0 amide bonds. The van der Waals surface area contributed by atoms with E-state index in [1.165, 1.54) is 0 Å². The second-order valence-corrected chi connectivity index (χ2v) is 6.14. The molecule has 2 aromatic rings. The van der Waals surface area contributed by atoms with Crippen LogP contribution in [0.3, 0.4) is 0 Å². The second kappa shape index (κ2) is 6.39. The molecule has 0 aliphatic rings. The Morgan fingerprint density at radius 3 is 2.57 bits per heavy atom. The molecule has 112 valence electrons. The van der Waals surface area contributed by atoms with Gasteiger partial charge in [0.05, 0.1) is 18.8 Å². The summed E-state index contributed by atoms with van der Waals surface area (Å²) in [6.45, 7) is 6.06. The standard InChI is InChI=1S/C17H20BrNO2/c1-10-5-6-15(20)14(7-10)12(3)19-17-11(2)8-13(18)9-16(17)21-4/h5-9,12,19-20H,1-4H3. The molecule has 3 nitrogen and oxygen atoms in total. The van der Waals surface area contributed by atoms with Crippen molar-refractivity contribution in [2.75, 3.05) is 12.4 Å². The van der Waals surface area contributed by atoms with Crippen molar-refractivity contribution in [1.29, 1.82) is 0 Å². The van der Waals surface area contributed by atoms with E-state index in [1.807, 2.05) is 45.0 Å². The lowest BCUT2D eigenvalue weighted by Crippen LogP contribution is -2.09. The first kappa shape index (κ1) is 15.7. The van der Waals surface area contributed by atoms with E-state index in [0.29, 0.717) is 5.75 Å². The van der Waals surface area contributed by atoms with E-state index in [0.717, 1.165) is 32.6 Å². The molecule has 4 heteroatoms. The minimum Gasteiger partial charge on any atom is -0.508 e. The average molecular weight is 350 g/mol. The molecule has 0 saturated heterocycles. The number of hydrogen-bond acceptors (Lipinski definition) is 3.